The average molecular weight is 309 g/mol. The fourth-order valence-electron chi connectivity index (χ4n) is 1.82. The summed E-state index contributed by atoms with van der Waals surface area (Å²) < 4.78 is 13.6. The minimum absolute atomic E-state index is 0.130. The van der Waals surface area contributed by atoms with Gasteiger partial charge in [-0.25, -0.2) is 4.39 Å². The molecule has 4 heteroatoms. The van der Waals surface area contributed by atoms with E-state index < -0.39 is 0 Å². The van der Waals surface area contributed by atoms with Crippen molar-refractivity contribution in [1.82, 2.24) is 4.98 Å². The van der Waals surface area contributed by atoms with Gasteiger partial charge in [-0.2, -0.15) is 0 Å². The first-order valence-electron chi connectivity index (χ1n) is 5.67. The fraction of sp³-hybridized carbons (Fsp3) is 0.214. The van der Waals surface area contributed by atoms with Gasteiger partial charge >= 0.3 is 0 Å². The van der Waals surface area contributed by atoms with E-state index in [1.54, 1.807) is 24.5 Å². The zero-order chi connectivity index (χ0) is 13.1. The quantitative estimate of drug-likeness (QED) is 0.942. The number of aromatic nitrogens is 1. The van der Waals surface area contributed by atoms with E-state index >= 15 is 0 Å². The van der Waals surface area contributed by atoms with Crippen LogP contribution in [0.5, 0.6) is 0 Å². The van der Waals surface area contributed by atoms with Gasteiger partial charge in [-0.3, -0.25) is 4.98 Å². The number of halogens is 2. The number of pyridine rings is 1. The minimum atomic E-state index is -0.260. The Bertz CT molecular complexity index is 557. The maximum Gasteiger partial charge on any atom is 0.137 e. The average Bonchev–Trinajstić information content (AvgIpc) is 2.34. The lowest BCUT2D eigenvalue weighted by Gasteiger charge is -2.12. The SMILES string of the molecule is Cc1cncc(C(N)Cc2ccc(F)c(Br)c2)c1. The molecule has 0 aliphatic heterocycles. The Hall–Kier alpha value is -1.26. The summed E-state index contributed by atoms with van der Waals surface area (Å²) in [6.07, 6.45) is 4.23. The molecule has 94 valence electrons. The van der Waals surface area contributed by atoms with E-state index in [1.165, 1.54) is 6.07 Å². The molecular weight excluding hydrogens is 295 g/mol. The van der Waals surface area contributed by atoms with Crippen LogP contribution in [0.3, 0.4) is 0 Å². The molecule has 1 aromatic heterocycles. The second kappa shape index (κ2) is 5.59. The van der Waals surface area contributed by atoms with Crippen molar-refractivity contribution in [3.05, 3.63) is 63.6 Å². The third-order valence-corrected chi connectivity index (χ3v) is 3.37. The predicted molar refractivity (Wildman–Crippen MR) is 73.7 cm³/mol. The topological polar surface area (TPSA) is 38.9 Å². The molecule has 0 spiro atoms. The summed E-state index contributed by atoms with van der Waals surface area (Å²) in [5.74, 6) is -0.260. The van der Waals surface area contributed by atoms with Gasteiger partial charge in [-0.1, -0.05) is 12.1 Å². The highest BCUT2D eigenvalue weighted by molar-refractivity contribution is 9.10. The number of nitrogens with zero attached hydrogens (tertiary/aromatic N) is 1. The van der Waals surface area contributed by atoms with Crippen molar-refractivity contribution in [3.63, 3.8) is 0 Å². The first-order chi connectivity index (χ1) is 8.56. The molecule has 0 radical (unpaired) electrons. The van der Waals surface area contributed by atoms with Gasteiger partial charge < -0.3 is 5.73 Å². The molecule has 2 rings (SSSR count). The van der Waals surface area contributed by atoms with Crippen molar-refractivity contribution >= 4 is 15.9 Å². The van der Waals surface area contributed by atoms with Gasteiger partial charge in [0.15, 0.2) is 0 Å². The number of hydrogen-bond donors (Lipinski definition) is 1. The summed E-state index contributed by atoms with van der Waals surface area (Å²) in [6.45, 7) is 1.98. The second-order valence-electron chi connectivity index (χ2n) is 4.35. The Morgan fingerprint density at radius 3 is 2.78 bits per heavy atom. The van der Waals surface area contributed by atoms with Crippen LogP contribution in [0.15, 0.2) is 41.1 Å². The number of aryl methyl sites for hydroxylation is 1. The summed E-state index contributed by atoms with van der Waals surface area (Å²) in [4.78, 5) is 4.13. The van der Waals surface area contributed by atoms with E-state index in [-0.39, 0.29) is 11.9 Å². The second-order valence-corrected chi connectivity index (χ2v) is 5.21. The van der Waals surface area contributed by atoms with Gasteiger partial charge in [0.05, 0.1) is 4.47 Å². The van der Waals surface area contributed by atoms with Crippen LogP contribution in [0.2, 0.25) is 0 Å². The molecule has 0 saturated heterocycles. The van der Waals surface area contributed by atoms with Gasteiger partial charge in [0, 0.05) is 18.4 Å². The van der Waals surface area contributed by atoms with Crippen molar-refractivity contribution < 1.29 is 4.39 Å². The minimum Gasteiger partial charge on any atom is -0.324 e. The van der Waals surface area contributed by atoms with Crippen molar-refractivity contribution in [2.75, 3.05) is 0 Å². The van der Waals surface area contributed by atoms with E-state index in [4.69, 9.17) is 5.73 Å². The molecular formula is C14H14BrFN2. The van der Waals surface area contributed by atoms with Gasteiger partial charge in [0.1, 0.15) is 5.82 Å². The maximum atomic E-state index is 13.1. The molecule has 18 heavy (non-hydrogen) atoms. The molecule has 1 aromatic carbocycles. The Morgan fingerprint density at radius 1 is 1.33 bits per heavy atom. The molecule has 0 bridgehead atoms. The van der Waals surface area contributed by atoms with Crippen LogP contribution < -0.4 is 5.73 Å². The molecule has 0 aliphatic rings. The lowest BCUT2D eigenvalue weighted by Crippen LogP contribution is -2.13. The number of rotatable bonds is 3. The number of nitrogens with two attached hydrogens (primary N) is 1. The smallest absolute Gasteiger partial charge is 0.137 e. The first-order valence-corrected chi connectivity index (χ1v) is 6.46. The normalized spacial score (nSPS) is 12.4. The third-order valence-electron chi connectivity index (χ3n) is 2.76. The zero-order valence-corrected chi connectivity index (χ0v) is 11.6. The molecule has 2 nitrogen and oxygen atoms in total. The van der Waals surface area contributed by atoms with Gasteiger partial charge in [-0.15, -0.1) is 0 Å². The van der Waals surface area contributed by atoms with Crippen molar-refractivity contribution in [2.24, 2.45) is 5.73 Å². The van der Waals surface area contributed by atoms with Gasteiger partial charge in [-0.05, 0) is 58.1 Å². The van der Waals surface area contributed by atoms with Crippen molar-refractivity contribution in [3.8, 4) is 0 Å². The van der Waals surface area contributed by atoms with Crippen LogP contribution in [0.1, 0.15) is 22.7 Å². The number of hydrogen-bond acceptors (Lipinski definition) is 2. The first kappa shape index (κ1) is 13.2. The Kier molecular flexibility index (Phi) is 4.09. The standard InChI is InChI=1S/C14H14BrFN2/c1-9-4-11(8-18-7-9)14(17)6-10-2-3-13(16)12(15)5-10/h2-5,7-8,14H,6,17H2,1H3. The molecule has 2 aromatic rings. The predicted octanol–water partition coefficient (Wildman–Crippen LogP) is 3.53. The Balaban J connectivity index is 2.16. The monoisotopic (exact) mass is 308 g/mol. The molecule has 1 heterocycles. The third kappa shape index (κ3) is 3.15. The van der Waals surface area contributed by atoms with Crippen molar-refractivity contribution in [1.29, 1.82) is 0 Å². The van der Waals surface area contributed by atoms with Crippen LogP contribution >= 0.6 is 15.9 Å². The molecule has 1 atom stereocenters. The van der Waals surface area contributed by atoms with Gasteiger partial charge in [0.25, 0.3) is 0 Å². The summed E-state index contributed by atoms with van der Waals surface area (Å²) in [7, 11) is 0. The molecule has 1 unspecified atom stereocenters. The highest BCUT2D eigenvalue weighted by atomic mass is 79.9. The van der Waals surface area contributed by atoms with Crippen molar-refractivity contribution in [2.45, 2.75) is 19.4 Å². The molecule has 0 amide bonds. The fourth-order valence-corrected chi connectivity index (χ4v) is 2.25. The van der Waals surface area contributed by atoms with Crippen LogP contribution in [0, 0.1) is 12.7 Å². The van der Waals surface area contributed by atoms with E-state index in [2.05, 4.69) is 20.9 Å². The van der Waals surface area contributed by atoms with Crippen LogP contribution in [0.4, 0.5) is 4.39 Å². The summed E-state index contributed by atoms with van der Waals surface area (Å²) in [5.41, 5.74) is 9.21. The summed E-state index contributed by atoms with van der Waals surface area (Å²) >= 11 is 3.18. The van der Waals surface area contributed by atoms with E-state index in [9.17, 15) is 4.39 Å². The molecule has 2 N–H and O–H groups in total. The largest absolute Gasteiger partial charge is 0.324 e. The number of benzene rings is 1. The lowest BCUT2D eigenvalue weighted by molar-refractivity contribution is 0.618. The van der Waals surface area contributed by atoms with Crippen LogP contribution in [-0.4, -0.2) is 4.98 Å². The Labute approximate surface area is 114 Å². The van der Waals surface area contributed by atoms with Crippen LogP contribution in [0.25, 0.3) is 0 Å². The highest BCUT2D eigenvalue weighted by Gasteiger charge is 2.09. The lowest BCUT2D eigenvalue weighted by atomic mass is 10.0. The highest BCUT2D eigenvalue weighted by Crippen LogP contribution is 2.21. The van der Waals surface area contributed by atoms with Crippen LogP contribution in [-0.2, 0) is 6.42 Å². The summed E-state index contributed by atoms with van der Waals surface area (Å²) in [6, 6.07) is 6.85. The van der Waals surface area contributed by atoms with Gasteiger partial charge in [0.2, 0.25) is 0 Å². The molecule has 0 aliphatic carbocycles. The molecule has 0 fully saturated rings. The maximum absolute atomic E-state index is 13.1. The van der Waals surface area contributed by atoms with E-state index in [0.717, 1.165) is 16.7 Å². The van der Waals surface area contributed by atoms with E-state index in [1.807, 2.05) is 13.0 Å². The Morgan fingerprint density at radius 2 is 2.11 bits per heavy atom. The molecule has 0 saturated carbocycles. The van der Waals surface area contributed by atoms with E-state index in [0.29, 0.717) is 10.9 Å². The summed E-state index contributed by atoms with van der Waals surface area (Å²) in [5, 5.41) is 0. The zero-order valence-electron chi connectivity index (χ0n) is 10.0.